The Bertz CT molecular complexity index is 3230. The van der Waals surface area contributed by atoms with E-state index in [9.17, 15) is 72.5 Å². The van der Waals surface area contributed by atoms with E-state index in [4.69, 9.17) is 29.4 Å². The predicted molar refractivity (Wildman–Crippen MR) is 396 cm³/mol. The fraction of sp³-hybridized carbons (Fsp3) is 0.704. The van der Waals surface area contributed by atoms with Gasteiger partial charge in [0.05, 0.1) is 18.2 Å². The molecule has 0 spiro atoms. The molecule has 0 bridgehead atoms. The molecule has 2 unspecified atom stereocenters. The third kappa shape index (κ3) is 40.2. The topological polar surface area (TPSA) is 549 Å². The molecule has 19 N–H and O–H groups in total. The number of nitrogens with one attached hydrogen (secondary N) is 15. The van der Waals surface area contributed by atoms with Crippen molar-refractivity contribution >= 4 is 89.5 Å². The Morgan fingerprint density at radius 1 is 0.459 bits per heavy atom. The van der Waals surface area contributed by atoms with Gasteiger partial charge in [0.15, 0.2) is 0 Å². The van der Waals surface area contributed by atoms with E-state index in [1.54, 1.807) is 141 Å². The van der Waals surface area contributed by atoms with Gasteiger partial charge in [-0.1, -0.05) is 43.7 Å². The normalized spacial score (nSPS) is 20.5. The van der Waals surface area contributed by atoms with Gasteiger partial charge in [0.25, 0.3) is 0 Å². The highest BCUT2D eigenvalue weighted by Crippen LogP contribution is 2.15. The second-order valence-corrected chi connectivity index (χ2v) is 31.1. The van der Waals surface area contributed by atoms with Crippen LogP contribution in [0.3, 0.4) is 0 Å². The molecule has 0 aromatic heterocycles. The first-order chi connectivity index (χ1) is 50.4. The zero-order chi connectivity index (χ0) is 83.0. The fourth-order valence-corrected chi connectivity index (χ4v) is 9.94. The first-order valence-corrected chi connectivity index (χ1v) is 36.4. The molecule has 1 fully saturated rings. The van der Waals surface area contributed by atoms with Crippen LogP contribution < -0.4 is 85.5 Å². The van der Waals surface area contributed by atoms with Crippen LogP contribution in [0.25, 0.3) is 0 Å². The molecule has 38 nitrogen and oxygen atoms in total. The first-order valence-electron chi connectivity index (χ1n) is 36.4. The monoisotopic (exact) mass is 1550 g/mol. The minimum Gasteiger partial charge on any atom is -0.444 e. The number of carbonyl (C=O) groups is 15. The lowest BCUT2D eigenvalue weighted by atomic mass is 10.0. The van der Waals surface area contributed by atoms with Crippen molar-refractivity contribution in [2.75, 3.05) is 39.3 Å². The number of ether oxygens (including phenoxy) is 5. The minimum atomic E-state index is -1.91. The number of carbonyl (C=O) groups excluding carboxylic acids is 15. The molecular formula is C71H120N16O22. The standard InChI is InChI=1S/C71H120N16O22/c1-19-23-43-53(91)80-45(28-34-75-63(101)106-68(7,8)9)55(93)83-48(31-37-78-66(104)109-71(16,17)18)58(96)87-50(39(2)88)60(98)73-33-27-44(54(92)82-46(29-35-76-64(102)107-69(10,11)12)57(95)85-49(59(97)79-43)38-41-24-21-20-22-25-41)81-56(94)47(30-36-77-65(103)108-70(13,14)15)84-61(99)51(40(3)89)86-52(90)42(72)26-32-74-62(100)105-67(4,5)6/h20-22,24-25,39-40,42-51,88-89H,19,23,26-38,72H2,1-18H3,(H,73,98)(H,74,100)(H,75,101)(H,76,102)(H,77,103)(H,78,104)(H,79,97)(H,80,91)(H,81,94)(H,82,92)(H,83,93)(H,84,99)(H,85,95)(H,86,90)(H,87,96)/t39?,40?,42-,43-,44-,45-,46-,47-,48-,49+,50-,51-/m0/s1. The Morgan fingerprint density at radius 2 is 0.817 bits per heavy atom. The lowest BCUT2D eigenvalue weighted by Crippen LogP contribution is -2.62. The molecule has 12 atom stereocenters. The van der Waals surface area contributed by atoms with Crippen LogP contribution in [0.4, 0.5) is 24.0 Å². The van der Waals surface area contributed by atoms with Gasteiger partial charge in [-0.25, -0.2) is 24.0 Å². The molecular weight excluding hydrogens is 1430 g/mol. The van der Waals surface area contributed by atoms with Gasteiger partial charge in [-0.2, -0.15) is 0 Å². The number of hydrogen-bond donors (Lipinski definition) is 18. The Balaban J connectivity index is 3.04. The van der Waals surface area contributed by atoms with Crippen molar-refractivity contribution in [3.8, 4) is 0 Å². The molecule has 109 heavy (non-hydrogen) atoms. The molecule has 0 radical (unpaired) electrons. The average molecular weight is 1550 g/mol. The van der Waals surface area contributed by atoms with E-state index in [0.29, 0.717) is 5.56 Å². The van der Waals surface area contributed by atoms with Crippen LogP contribution in [-0.4, -0.2) is 240 Å². The van der Waals surface area contributed by atoms with Crippen molar-refractivity contribution in [1.82, 2.24) is 79.8 Å². The SMILES string of the molecule is CCC[C@@H]1NC(=O)[C@@H](Cc2ccccc2)NC(=O)[C@H](CCNC(=O)OC(C)(C)C)NC(=O)[C@@H](NC(=O)[C@H](CCNC(=O)OC(C)(C)C)NC(=O)[C@@H](NC(=O)[C@@H](N)CCNC(=O)OC(C)(C)C)C(C)O)CCNC(=O)[C@H](C(C)O)NC(=O)[C@H](CCNC(=O)OC(C)(C)C)NC(=O)[C@H](CCNC(=O)OC(C)(C)C)NC1=O. The van der Waals surface area contributed by atoms with Gasteiger partial charge in [0, 0.05) is 45.7 Å². The van der Waals surface area contributed by atoms with Crippen LogP contribution in [0, 0.1) is 0 Å². The number of nitrogens with two attached hydrogens (primary N) is 1. The van der Waals surface area contributed by atoms with Crippen molar-refractivity contribution in [3.63, 3.8) is 0 Å². The summed E-state index contributed by atoms with van der Waals surface area (Å²) in [4.78, 5) is 211. The van der Waals surface area contributed by atoms with E-state index in [1.165, 1.54) is 0 Å². The van der Waals surface area contributed by atoms with Gasteiger partial charge in [-0.15, -0.1) is 0 Å². The Kier molecular flexibility index (Phi) is 38.9. The third-order valence-electron chi connectivity index (χ3n) is 15.0. The summed E-state index contributed by atoms with van der Waals surface area (Å²) in [5.41, 5.74) is 1.78. The second kappa shape index (κ2) is 44.6. The molecule has 1 aromatic carbocycles. The molecule has 0 aliphatic carbocycles. The van der Waals surface area contributed by atoms with E-state index in [1.807, 2.05) is 0 Å². The molecule has 2 rings (SSSR count). The molecule has 1 saturated heterocycles. The van der Waals surface area contributed by atoms with E-state index in [2.05, 4.69) is 79.8 Å². The minimum absolute atomic E-state index is 0.102. The maximum absolute atomic E-state index is 15.2. The Hall–Kier alpha value is -9.85. The van der Waals surface area contributed by atoms with Crippen molar-refractivity contribution < 1.29 is 106 Å². The van der Waals surface area contributed by atoms with Gasteiger partial charge >= 0.3 is 30.5 Å². The van der Waals surface area contributed by atoms with Gasteiger partial charge < -0.3 is 119 Å². The highest BCUT2D eigenvalue weighted by Gasteiger charge is 2.39. The van der Waals surface area contributed by atoms with Crippen LogP contribution in [0.2, 0.25) is 0 Å². The summed E-state index contributed by atoms with van der Waals surface area (Å²) in [5.74, 6) is -11.0. The second-order valence-electron chi connectivity index (χ2n) is 31.1. The zero-order valence-electron chi connectivity index (χ0n) is 66.1. The number of hydrogen-bond acceptors (Lipinski definition) is 23. The Morgan fingerprint density at radius 3 is 1.20 bits per heavy atom. The van der Waals surface area contributed by atoms with E-state index in [0.717, 1.165) is 13.8 Å². The lowest BCUT2D eigenvalue weighted by Gasteiger charge is -2.29. The molecule has 1 aliphatic heterocycles. The molecule has 1 aliphatic rings. The maximum atomic E-state index is 15.2. The van der Waals surface area contributed by atoms with Crippen LogP contribution >= 0.6 is 0 Å². The number of alkyl carbamates (subject to hydrolysis) is 5. The number of rotatable bonds is 27. The average Bonchev–Trinajstić information content (AvgIpc) is 1.16. The molecule has 1 aromatic rings. The first kappa shape index (κ1) is 95.2. The largest absolute Gasteiger partial charge is 0.444 e. The predicted octanol–water partition coefficient (Wildman–Crippen LogP) is -0.425. The summed E-state index contributed by atoms with van der Waals surface area (Å²) in [6.45, 7) is 25.5. The van der Waals surface area contributed by atoms with E-state index < -0.39 is 242 Å². The number of benzene rings is 1. The van der Waals surface area contributed by atoms with Crippen LogP contribution in [0.5, 0.6) is 0 Å². The van der Waals surface area contributed by atoms with E-state index in [-0.39, 0.29) is 45.3 Å². The van der Waals surface area contributed by atoms with Crippen molar-refractivity contribution in [1.29, 1.82) is 0 Å². The van der Waals surface area contributed by atoms with Crippen molar-refractivity contribution in [2.45, 2.75) is 283 Å². The molecule has 38 heteroatoms. The summed E-state index contributed by atoms with van der Waals surface area (Å²) in [6, 6.07) is -8.92. The summed E-state index contributed by atoms with van der Waals surface area (Å²) in [5, 5.41) is 59.7. The molecule has 0 saturated carbocycles. The molecule has 15 amide bonds. The van der Waals surface area contributed by atoms with Crippen molar-refractivity contribution in [3.05, 3.63) is 35.9 Å². The summed E-state index contributed by atoms with van der Waals surface area (Å²) in [6.07, 6.45) is -10.9. The third-order valence-corrected chi connectivity index (χ3v) is 15.0. The number of amides is 15. The summed E-state index contributed by atoms with van der Waals surface area (Å²) >= 11 is 0. The van der Waals surface area contributed by atoms with Gasteiger partial charge in [-0.3, -0.25) is 47.9 Å². The van der Waals surface area contributed by atoms with Gasteiger partial charge in [0.1, 0.15) is 82.4 Å². The number of aliphatic hydroxyl groups is 2. The van der Waals surface area contributed by atoms with E-state index >= 15 is 9.59 Å². The maximum Gasteiger partial charge on any atom is 0.407 e. The Labute approximate surface area is 636 Å². The van der Waals surface area contributed by atoms with Crippen LogP contribution in [0.1, 0.15) is 182 Å². The highest BCUT2D eigenvalue weighted by molar-refractivity contribution is 5.99. The molecule has 1 heterocycles. The smallest absolute Gasteiger partial charge is 0.407 e. The fourth-order valence-electron chi connectivity index (χ4n) is 9.94. The summed E-state index contributed by atoms with van der Waals surface area (Å²) in [7, 11) is 0. The van der Waals surface area contributed by atoms with Crippen LogP contribution in [-0.2, 0) is 78.1 Å². The highest BCUT2D eigenvalue weighted by atomic mass is 16.6. The molecule has 616 valence electrons. The summed E-state index contributed by atoms with van der Waals surface area (Å²) < 4.78 is 26.7. The van der Waals surface area contributed by atoms with Crippen molar-refractivity contribution in [2.24, 2.45) is 5.73 Å². The number of aliphatic hydroxyl groups excluding tert-OH is 2. The quantitative estimate of drug-likeness (QED) is 0.0497. The van der Waals surface area contributed by atoms with Gasteiger partial charge in [-0.05, 0) is 168 Å². The lowest BCUT2D eigenvalue weighted by molar-refractivity contribution is -0.136. The van der Waals surface area contributed by atoms with Gasteiger partial charge in [0.2, 0.25) is 59.1 Å². The zero-order valence-corrected chi connectivity index (χ0v) is 66.1. The van der Waals surface area contributed by atoms with Crippen LogP contribution in [0.15, 0.2) is 30.3 Å².